The lowest BCUT2D eigenvalue weighted by Gasteiger charge is -1.99. The number of carbonyl (C=O) groups excluding carboxylic acids is 1. The van der Waals surface area contributed by atoms with Gasteiger partial charge >= 0.3 is 0 Å². The number of carbonyl (C=O) groups is 1. The number of hydrogen-bond acceptors (Lipinski definition) is 4. The molecule has 80 valence electrons. The molecule has 0 aromatic heterocycles. The van der Waals surface area contributed by atoms with Gasteiger partial charge in [0.1, 0.15) is 5.70 Å². The van der Waals surface area contributed by atoms with E-state index >= 15 is 0 Å². The highest BCUT2D eigenvalue weighted by Gasteiger charge is 2.12. The lowest BCUT2D eigenvalue weighted by Crippen LogP contribution is -2.21. The van der Waals surface area contributed by atoms with Crippen LogP contribution < -0.4 is 11.5 Å². The van der Waals surface area contributed by atoms with Gasteiger partial charge in [0.15, 0.2) is 0 Å². The van der Waals surface area contributed by atoms with E-state index in [1.807, 2.05) is 0 Å². The molecule has 4 N–H and O–H groups in total. The molecule has 0 saturated heterocycles. The fourth-order valence-electron chi connectivity index (χ4n) is 0.903. The van der Waals surface area contributed by atoms with Crippen molar-refractivity contribution >= 4 is 15.7 Å². The smallest absolute Gasteiger partial charge is 0.265 e. The van der Waals surface area contributed by atoms with Crippen LogP contribution in [-0.4, -0.2) is 14.3 Å². The maximum atomic E-state index is 11.6. The highest BCUT2D eigenvalue weighted by atomic mass is 32.2. The van der Waals surface area contributed by atoms with Crippen molar-refractivity contribution in [2.75, 3.05) is 0 Å². The molecule has 0 heterocycles. The Hall–Kier alpha value is -1.82. The van der Waals surface area contributed by atoms with Crippen LogP contribution in [0.5, 0.6) is 0 Å². The van der Waals surface area contributed by atoms with Crippen LogP contribution in [0.2, 0.25) is 0 Å². The first-order valence-electron chi connectivity index (χ1n) is 4.00. The Kier molecular flexibility index (Phi) is 3.11. The quantitative estimate of drug-likeness (QED) is 0.693. The van der Waals surface area contributed by atoms with Gasteiger partial charge in [-0.1, -0.05) is 18.2 Å². The van der Waals surface area contributed by atoms with Gasteiger partial charge in [-0.05, 0) is 12.1 Å². The highest BCUT2D eigenvalue weighted by molar-refractivity contribution is 7.94. The molecule has 1 aromatic rings. The molecule has 0 spiro atoms. The molecule has 1 rings (SSSR count). The van der Waals surface area contributed by atoms with Crippen molar-refractivity contribution in [1.29, 1.82) is 0 Å². The van der Waals surface area contributed by atoms with Crippen LogP contribution in [0.25, 0.3) is 0 Å². The number of benzene rings is 1. The van der Waals surface area contributed by atoms with Gasteiger partial charge in [0.05, 0.1) is 10.3 Å². The number of primary amides is 1. The van der Waals surface area contributed by atoms with Crippen LogP contribution in [0.4, 0.5) is 0 Å². The average molecular weight is 226 g/mol. The third-order valence-corrected chi connectivity index (χ3v) is 3.13. The van der Waals surface area contributed by atoms with Crippen LogP contribution in [-0.2, 0) is 14.6 Å². The van der Waals surface area contributed by atoms with Gasteiger partial charge in [-0.15, -0.1) is 0 Å². The van der Waals surface area contributed by atoms with E-state index in [2.05, 4.69) is 0 Å². The molecule has 0 unspecified atom stereocenters. The van der Waals surface area contributed by atoms with E-state index in [0.717, 1.165) is 0 Å². The predicted octanol–water partition coefficient (Wildman–Crippen LogP) is -0.254. The number of hydrogen-bond donors (Lipinski definition) is 2. The van der Waals surface area contributed by atoms with Crippen LogP contribution in [0, 0.1) is 0 Å². The maximum absolute atomic E-state index is 11.6. The maximum Gasteiger partial charge on any atom is 0.265 e. The monoisotopic (exact) mass is 226 g/mol. The SMILES string of the molecule is NC(=O)C(N)=CS(=O)(=O)c1ccccc1. The zero-order valence-electron chi connectivity index (χ0n) is 7.75. The van der Waals surface area contributed by atoms with Gasteiger partial charge in [-0.25, -0.2) is 8.42 Å². The van der Waals surface area contributed by atoms with Crippen molar-refractivity contribution < 1.29 is 13.2 Å². The summed E-state index contributed by atoms with van der Waals surface area (Å²) in [6.45, 7) is 0. The van der Waals surface area contributed by atoms with Gasteiger partial charge in [-0.3, -0.25) is 4.79 Å². The molecule has 0 saturated carbocycles. The lowest BCUT2D eigenvalue weighted by molar-refractivity contribution is -0.114. The molecule has 0 aliphatic rings. The third-order valence-electron chi connectivity index (χ3n) is 1.64. The van der Waals surface area contributed by atoms with Crippen LogP contribution in [0.3, 0.4) is 0 Å². The van der Waals surface area contributed by atoms with Crippen LogP contribution >= 0.6 is 0 Å². The predicted molar refractivity (Wildman–Crippen MR) is 55.1 cm³/mol. The first kappa shape index (κ1) is 11.3. The van der Waals surface area contributed by atoms with E-state index in [1.54, 1.807) is 18.2 Å². The summed E-state index contributed by atoms with van der Waals surface area (Å²) in [6.07, 6.45) is 0. The molecular weight excluding hydrogens is 216 g/mol. The normalized spacial score (nSPS) is 12.4. The zero-order valence-corrected chi connectivity index (χ0v) is 8.57. The summed E-state index contributed by atoms with van der Waals surface area (Å²) in [5, 5.41) is 0.657. The average Bonchev–Trinajstić information content (AvgIpc) is 2.18. The second kappa shape index (κ2) is 4.14. The van der Waals surface area contributed by atoms with E-state index in [-0.39, 0.29) is 4.90 Å². The van der Waals surface area contributed by atoms with Crippen LogP contribution in [0.1, 0.15) is 0 Å². The number of amides is 1. The lowest BCUT2D eigenvalue weighted by atomic mass is 10.4. The fourth-order valence-corrected chi connectivity index (χ4v) is 2.03. The molecule has 15 heavy (non-hydrogen) atoms. The summed E-state index contributed by atoms with van der Waals surface area (Å²) in [5.74, 6) is -0.963. The number of nitrogens with two attached hydrogens (primary N) is 2. The standard InChI is InChI=1S/C9H10N2O3S/c10-8(9(11)12)6-15(13,14)7-4-2-1-3-5-7/h1-6H,10H2,(H2,11,12). The minimum absolute atomic E-state index is 0.0641. The zero-order chi connectivity index (χ0) is 11.5. The van der Waals surface area contributed by atoms with Gasteiger partial charge < -0.3 is 11.5 Å². The van der Waals surface area contributed by atoms with Gasteiger partial charge in [-0.2, -0.15) is 0 Å². The molecular formula is C9H10N2O3S. The van der Waals surface area contributed by atoms with Crippen molar-refractivity contribution in [2.45, 2.75) is 4.90 Å². The molecule has 6 heteroatoms. The summed E-state index contributed by atoms with van der Waals surface area (Å²) >= 11 is 0. The van der Waals surface area contributed by atoms with Crippen molar-refractivity contribution in [3.05, 3.63) is 41.4 Å². The Morgan fingerprint density at radius 1 is 1.13 bits per heavy atom. The topological polar surface area (TPSA) is 103 Å². The fraction of sp³-hybridized carbons (Fsp3) is 0. The molecule has 0 aliphatic carbocycles. The van der Waals surface area contributed by atoms with Gasteiger partial charge in [0.25, 0.3) is 5.91 Å². The van der Waals surface area contributed by atoms with E-state index in [0.29, 0.717) is 5.41 Å². The van der Waals surface area contributed by atoms with E-state index in [4.69, 9.17) is 11.5 Å². The van der Waals surface area contributed by atoms with Crippen molar-refractivity contribution in [2.24, 2.45) is 11.5 Å². The molecule has 0 atom stereocenters. The minimum Gasteiger partial charge on any atom is -0.394 e. The molecule has 1 amide bonds. The van der Waals surface area contributed by atoms with Crippen LogP contribution in [0.15, 0.2) is 46.3 Å². The Labute approximate surface area is 87.3 Å². The second-order valence-corrected chi connectivity index (χ2v) is 4.59. The minimum atomic E-state index is -3.69. The Balaban J connectivity index is 3.17. The Morgan fingerprint density at radius 3 is 2.13 bits per heavy atom. The highest BCUT2D eigenvalue weighted by Crippen LogP contribution is 2.11. The Bertz CT molecular complexity index is 491. The number of sulfone groups is 1. The second-order valence-electron chi connectivity index (χ2n) is 2.80. The molecule has 1 aromatic carbocycles. The summed E-state index contributed by atoms with van der Waals surface area (Å²) in [7, 11) is -3.69. The van der Waals surface area contributed by atoms with Crippen molar-refractivity contribution in [3.63, 3.8) is 0 Å². The third kappa shape index (κ3) is 2.81. The summed E-state index contributed by atoms with van der Waals surface area (Å²) in [4.78, 5) is 10.6. The summed E-state index contributed by atoms with van der Waals surface area (Å²) in [6, 6.07) is 7.63. The molecule has 5 nitrogen and oxygen atoms in total. The Morgan fingerprint density at radius 2 is 1.67 bits per heavy atom. The largest absolute Gasteiger partial charge is 0.394 e. The van der Waals surface area contributed by atoms with Gasteiger partial charge in [0, 0.05) is 0 Å². The summed E-state index contributed by atoms with van der Waals surface area (Å²) < 4.78 is 23.2. The van der Waals surface area contributed by atoms with Crippen molar-refractivity contribution in [1.82, 2.24) is 0 Å². The molecule has 0 radical (unpaired) electrons. The van der Waals surface area contributed by atoms with E-state index in [1.165, 1.54) is 12.1 Å². The molecule has 0 bridgehead atoms. The number of rotatable bonds is 3. The van der Waals surface area contributed by atoms with Gasteiger partial charge in [0.2, 0.25) is 9.84 Å². The van der Waals surface area contributed by atoms with E-state index < -0.39 is 21.4 Å². The molecule has 0 fully saturated rings. The van der Waals surface area contributed by atoms with E-state index in [9.17, 15) is 13.2 Å². The van der Waals surface area contributed by atoms with Crippen molar-refractivity contribution in [3.8, 4) is 0 Å². The molecule has 0 aliphatic heterocycles. The first-order chi connectivity index (χ1) is 6.93. The first-order valence-corrected chi connectivity index (χ1v) is 5.55. The summed E-state index contributed by atoms with van der Waals surface area (Å²) in [5.41, 5.74) is 9.48.